The molecule has 1 aromatic carbocycles. The van der Waals surface area contributed by atoms with Crippen LogP contribution >= 0.6 is 0 Å². The van der Waals surface area contributed by atoms with Gasteiger partial charge in [-0.3, -0.25) is 14.7 Å². The number of fused-ring (bicyclic) bond motifs is 1. The predicted molar refractivity (Wildman–Crippen MR) is 108 cm³/mol. The molecule has 2 saturated heterocycles. The summed E-state index contributed by atoms with van der Waals surface area (Å²) in [5.41, 5.74) is 7.52. The van der Waals surface area contributed by atoms with Crippen LogP contribution in [0.25, 0.3) is 10.9 Å². The molecule has 2 aliphatic rings. The summed E-state index contributed by atoms with van der Waals surface area (Å²) >= 11 is 0. The molecule has 0 saturated carbocycles. The van der Waals surface area contributed by atoms with Gasteiger partial charge in [0.1, 0.15) is 0 Å². The molecular formula is C21H29N5O2. The number of rotatable bonds is 5. The first kappa shape index (κ1) is 18.9. The number of H-pyrrole nitrogens is 1. The molecule has 0 unspecified atom stereocenters. The fourth-order valence-corrected chi connectivity index (χ4v) is 4.80. The SMILES string of the molecule is NC(=O)c1cc(CCC(=O)N2CCC(C3CCNCC3)CC2)cc2cn[nH]c12. The van der Waals surface area contributed by atoms with Crippen molar-refractivity contribution in [2.24, 2.45) is 17.6 Å². The van der Waals surface area contributed by atoms with E-state index in [-0.39, 0.29) is 5.91 Å². The average molecular weight is 383 g/mol. The highest BCUT2D eigenvalue weighted by Gasteiger charge is 2.29. The van der Waals surface area contributed by atoms with Gasteiger partial charge in [-0.05, 0) is 74.7 Å². The number of amides is 2. The quantitative estimate of drug-likeness (QED) is 0.733. The third kappa shape index (κ3) is 4.04. The van der Waals surface area contributed by atoms with Crippen LogP contribution in [0.4, 0.5) is 0 Å². The number of piperidine rings is 2. The molecule has 28 heavy (non-hydrogen) atoms. The molecule has 7 heteroatoms. The van der Waals surface area contributed by atoms with Crippen molar-refractivity contribution in [3.8, 4) is 0 Å². The molecule has 2 fully saturated rings. The Kier molecular flexibility index (Phi) is 5.62. The Balaban J connectivity index is 1.32. The van der Waals surface area contributed by atoms with Crippen molar-refractivity contribution in [1.29, 1.82) is 0 Å². The topological polar surface area (TPSA) is 104 Å². The Morgan fingerprint density at radius 2 is 1.82 bits per heavy atom. The predicted octanol–water partition coefficient (Wildman–Crippen LogP) is 1.83. The molecule has 2 aliphatic heterocycles. The number of aromatic amines is 1. The molecule has 1 aromatic heterocycles. The van der Waals surface area contributed by atoms with Crippen molar-refractivity contribution in [3.05, 3.63) is 29.5 Å². The first-order chi connectivity index (χ1) is 13.6. The lowest BCUT2D eigenvalue weighted by Crippen LogP contribution is -2.42. The number of primary amides is 1. The van der Waals surface area contributed by atoms with Crippen LogP contribution in [0, 0.1) is 11.8 Å². The van der Waals surface area contributed by atoms with Crippen molar-refractivity contribution in [2.45, 2.75) is 38.5 Å². The fourth-order valence-electron chi connectivity index (χ4n) is 4.80. The summed E-state index contributed by atoms with van der Waals surface area (Å²) in [7, 11) is 0. The Bertz CT molecular complexity index is 848. The number of aryl methyl sites for hydroxylation is 1. The second-order valence-electron chi connectivity index (χ2n) is 8.15. The van der Waals surface area contributed by atoms with Crippen LogP contribution in [-0.2, 0) is 11.2 Å². The number of hydrogen-bond donors (Lipinski definition) is 3. The number of nitrogens with one attached hydrogen (secondary N) is 2. The first-order valence-corrected chi connectivity index (χ1v) is 10.4. The monoisotopic (exact) mass is 383 g/mol. The second kappa shape index (κ2) is 8.31. The smallest absolute Gasteiger partial charge is 0.250 e. The Morgan fingerprint density at radius 3 is 2.54 bits per heavy atom. The molecule has 4 N–H and O–H groups in total. The van der Waals surface area contributed by atoms with Gasteiger partial charge in [-0.25, -0.2) is 0 Å². The molecule has 4 rings (SSSR count). The summed E-state index contributed by atoms with van der Waals surface area (Å²) in [6, 6.07) is 3.75. The van der Waals surface area contributed by atoms with Crippen molar-refractivity contribution in [1.82, 2.24) is 20.4 Å². The summed E-state index contributed by atoms with van der Waals surface area (Å²) < 4.78 is 0. The lowest BCUT2D eigenvalue weighted by Gasteiger charge is -2.37. The molecule has 3 heterocycles. The first-order valence-electron chi connectivity index (χ1n) is 10.4. The molecule has 0 atom stereocenters. The van der Waals surface area contributed by atoms with Crippen molar-refractivity contribution in [2.75, 3.05) is 26.2 Å². The summed E-state index contributed by atoms with van der Waals surface area (Å²) in [4.78, 5) is 26.4. The largest absolute Gasteiger partial charge is 0.366 e. The average Bonchev–Trinajstić information content (AvgIpc) is 3.20. The maximum Gasteiger partial charge on any atom is 0.250 e. The van der Waals surface area contributed by atoms with Crippen LogP contribution in [-0.4, -0.2) is 53.1 Å². The molecule has 7 nitrogen and oxygen atoms in total. The third-order valence-electron chi connectivity index (χ3n) is 6.44. The number of nitrogens with two attached hydrogens (primary N) is 1. The molecule has 150 valence electrons. The number of benzene rings is 1. The van der Waals surface area contributed by atoms with Gasteiger partial charge in [-0.1, -0.05) is 0 Å². The van der Waals surface area contributed by atoms with Crippen LogP contribution in [0.5, 0.6) is 0 Å². The van der Waals surface area contributed by atoms with E-state index in [9.17, 15) is 9.59 Å². The fraction of sp³-hybridized carbons (Fsp3) is 0.571. The van der Waals surface area contributed by atoms with Crippen molar-refractivity contribution >= 4 is 22.7 Å². The van der Waals surface area contributed by atoms with E-state index in [0.29, 0.717) is 23.9 Å². The Hall–Kier alpha value is -2.41. The van der Waals surface area contributed by atoms with Crippen LogP contribution < -0.4 is 11.1 Å². The molecule has 0 radical (unpaired) electrons. The molecule has 2 aromatic rings. The Morgan fingerprint density at radius 1 is 1.11 bits per heavy atom. The van der Waals surface area contributed by atoms with Gasteiger partial charge in [0.25, 0.3) is 5.91 Å². The molecule has 0 bridgehead atoms. The minimum Gasteiger partial charge on any atom is -0.366 e. The highest BCUT2D eigenvalue weighted by Crippen LogP contribution is 2.31. The van der Waals surface area contributed by atoms with E-state index >= 15 is 0 Å². The van der Waals surface area contributed by atoms with Crippen LogP contribution in [0.3, 0.4) is 0 Å². The minimum atomic E-state index is -0.484. The van der Waals surface area contributed by atoms with E-state index < -0.39 is 5.91 Å². The van der Waals surface area contributed by atoms with Gasteiger partial charge < -0.3 is 16.0 Å². The van der Waals surface area contributed by atoms with E-state index in [4.69, 9.17) is 5.73 Å². The standard InChI is InChI=1S/C21H29N5O2/c22-21(28)18-12-14(11-17-13-24-25-20(17)18)1-2-19(27)26-9-5-16(6-10-26)15-3-7-23-8-4-15/h11-13,15-16,23H,1-10H2,(H2,22,28)(H,24,25). The zero-order chi connectivity index (χ0) is 19.5. The number of hydrogen-bond acceptors (Lipinski definition) is 4. The summed E-state index contributed by atoms with van der Waals surface area (Å²) in [6.07, 6.45) is 7.55. The zero-order valence-corrected chi connectivity index (χ0v) is 16.2. The van der Waals surface area contributed by atoms with Gasteiger partial charge >= 0.3 is 0 Å². The van der Waals surface area contributed by atoms with Crippen molar-refractivity contribution < 1.29 is 9.59 Å². The maximum absolute atomic E-state index is 12.7. The van der Waals surface area contributed by atoms with Gasteiger partial charge in [-0.2, -0.15) is 5.10 Å². The van der Waals surface area contributed by atoms with Crippen LogP contribution in [0.2, 0.25) is 0 Å². The summed E-state index contributed by atoms with van der Waals surface area (Å²) in [6.45, 7) is 4.03. The highest BCUT2D eigenvalue weighted by atomic mass is 16.2. The molecule has 0 spiro atoms. The van der Waals surface area contributed by atoms with E-state index in [0.717, 1.165) is 61.8 Å². The molecule has 2 amide bonds. The van der Waals surface area contributed by atoms with Gasteiger partial charge in [0.05, 0.1) is 17.3 Å². The van der Waals surface area contributed by atoms with Gasteiger partial charge in [0, 0.05) is 24.9 Å². The Labute approximate surface area is 165 Å². The number of nitrogens with zero attached hydrogens (tertiary/aromatic N) is 2. The number of aromatic nitrogens is 2. The molecule has 0 aliphatic carbocycles. The van der Waals surface area contributed by atoms with Gasteiger partial charge in [0.15, 0.2) is 0 Å². The zero-order valence-electron chi connectivity index (χ0n) is 16.2. The van der Waals surface area contributed by atoms with E-state index in [1.807, 2.05) is 11.0 Å². The number of carbonyl (C=O) groups is 2. The van der Waals surface area contributed by atoms with Gasteiger partial charge in [0.2, 0.25) is 5.91 Å². The van der Waals surface area contributed by atoms with E-state index in [2.05, 4.69) is 15.5 Å². The van der Waals surface area contributed by atoms with Crippen LogP contribution in [0.15, 0.2) is 18.3 Å². The lowest BCUT2D eigenvalue weighted by atomic mass is 9.79. The van der Waals surface area contributed by atoms with E-state index in [1.54, 1.807) is 12.3 Å². The van der Waals surface area contributed by atoms with Crippen LogP contribution in [0.1, 0.15) is 48.0 Å². The highest BCUT2D eigenvalue weighted by molar-refractivity contribution is 6.04. The number of likely N-dealkylation sites (tertiary alicyclic amines) is 1. The summed E-state index contributed by atoms with van der Waals surface area (Å²) in [5.74, 6) is 1.32. The number of carbonyl (C=O) groups excluding carboxylic acids is 2. The van der Waals surface area contributed by atoms with Crippen molar-refractivity contribution in [3.63, 3.8) is 0 Å². The lowest BCUT2D eigenvalue weighted by molar-refractivity contribution is -0.132. The molecular weight excluding hydrogens is 354 g/mol. The van der Waals surface area contributed by atoms with Gasteiger partial charge in [-0.15, -0.1) is 0 Å². The maximum atomic E-state index is 12.7. The minimum absolute atomic E-state index is 0.205. The second-order valence-corrected chi connectivity index (χ2v) is 8.15. The van der Waals surface area contributed by atoms with E-state index in [1.165, 1.54) is 12.8 Å². The summed E-state index contributed by atoms with van der Waals surface area (Å²) in [5, 5.41) is 11.1. The normalized spacial score (nSPS) is 19.2. The third-order valence-corrected chi connectivity index (χ3v) is 6.44.